The van der Waals surface area contributed by atoms with Crippen LogP contribution >= 0.6 is 11.3 Å². The highest BCUT2D eigenvalue weighted by Gasteiger charge is 2.46. The van der Waals surface area contributed by atoms with Crippen LogP contribution in [0.3, 0.4) is 0 Å². The van der Waals surface area contributed by atoms with E-state index in [9.17, 15) is 23.5 Å². The van der Waals surface area contributed by atoms with Crippen molar-refractivity contribution < 1.29 is 28.2 Å². The number of aliphatic hydroxyl groups is 1. The maximum Gasteiger partial charge on any atom is 0.271 e. The van der Waals surface area contributed by atoms with Crippen LogP contribution in [-0.4, -0.2) is 66.2 Å². The molecule has 4 unspecified atom stereocenters. The summed E-state index contributed by atoms with van der Waals surface area (Å²) in [6, 6.07) is 0. The zero-order valence-electron chi connectivity index (χ0n) is 21.7. The quantitative estimate of drug-likeness (QED) is 0.341. The summed E-state index contributed by atoms with van der Waals surface area (Å²) in [5.74, 6) is -0.840. The molecule has 4 N–H and O–H groups in total. The third-order valence-electron chi connectivity index (χ3n) is 7.60. The Morgan fingerprint density at radius 2 is 1.97 bits per heavy atom. The van der Waals surface area contributed by atoms with E-state index in [-0.39, 0.29) is 23.5 Å². The monoisotopic (exact) mass is 554 g/mol. The van der Waals surface area contributed by atoms with Crippen molar-refractivity contribution in [3.05, 3.63) is 28.5 Å². The van der Waals surface area contributed by atoms with Crippen molar-refractivity contribution in [2.45, 2.75) is 83.6 Å². The van der Waals surface area contributed by atoms with Gasteiger partial charge in [0, 0.05) is 25.8 Å². The summed E-state index contributed by atoms with van der Waals surface area (Å²) < 4.78 is 29.2. The normalized spacial score (nSPS) is 24.5. The van der Waals surface area contributed by atoms with Crippen molar-refractivity contribution in [1.82, 2.24) is 14.5 Å². The SMILES string of the molecule is Cc1c(C2NC=CO2)sc(NCCC2CCCCC2O)c1C(=O)N(S(=O)O)C(C)(C)C(=O)N1CCCC1. The van der Waals surface area contributed by atoms with Gasteiger partial charge in [0.05, 0.1) is 16.5 Å². The smallest absolute Gasteiger partial charge is 0.271 e. The number of amides is 2. The molecule has 1 saturated carbocycles. The zero-order chi connectivity index (χ0) is 26.7. The molecule has 0 spiro atoms. The lowest BCUT2D eigenvalue weighted by Gasteiger charge is -2.36. The first-order chi connectivity index (χ1) is 17.6. The summed E-state index contributed by atoms with van der Waals surface area (Å²) in [7, 11) is 0. The van der Waals surface area contributed by atoms with Gasteiger partial charge in [-0.15, -0.1) is 11.3 Å². The van der Waals surface area contributed by atoms with Gasteiger partial charge in [-0.2, -0.15) is 0 Å². The van der Waals surface area contributed by atoms with Crippen molar-refractivity contribution in [3.63, 3.8) is 0 Å². The number of nitrogens with one attached hydrogen (secondary N) is 2. The Bertz CT molecular complexity index is 1040. The molecule has 3 aliphatic rings. The van der Waals surface area contributed by atoms with Gasteiger partial charge >= 0.3 is 0 Å². The van der Waals surface area contributed by atoms with E-state index in [0.717, 1.165) is 54.1 Å². The van der Waals surface area contributed by atoms with E-state index in [0.29, 0.717) is 30.2 Å². The lowest BCUT2D eigenvalue weighted by molar-refractivity contribution is -0.138. The fourth-order valence-corrected chi connectivity index (χ4v) is 7.42. The molecule has 1 saturated heterocycles. The molecule has 3 heterocycles. The van der Waals surface area contributed by atoms with E-state index < -0.39 is 28.9 Å². The molecular formula is C25H38N4O6S2. The van der Waals surface area contributed by atoms with Gasteiger partial charge in [0.25, 0.3) is 17.2 Å². The maximum atomic E-state index is 14.0. The Balaban J connectivity index is 1.62. The number of aliphatic hydroxyl groups excluding tert-OH is 1. The highest BCUT2D eigenvalue weighted by molar-refractivity contribution is 7.77. The highest BCUT2D eigenvalue weighted by atomic mass is 32.2. The summed E-state index contributed by atoms with van der Waals surface area (Å²) in [5.41, 5.74) is -0.648. The number of carbonyl (C=O) groups excluding carboxylic acids is 2. The van der Waals surface area contributed by atoms with Gasteiger partial charge in [-0.25, -0.2) is 8.51 Å². The minimum Gasteiger partial charge on any atom is -0.472 e. The Kier molecular flexibility index (Phi) is 8.82. The molecule has 4 rings (SSSR count). The second kappa shape index (κ2) is 11.7. The van der Waals surface area contributed by atoms with Crippen molar-refractivity contribution in [2.75, 3.05) is 25.0 Å². The van der Waals surface area contributed by atoms with Crippen molar-refractivity contribution in [1.29, 1.82) is 0 Å². The minimum absolute atomic E-state index is 0.198. The number of ether oxygens (including phenoxy) is 1. The van der Waals surface area contributed by atoms with Crippen LogP contribution in [0.2, 0.25) is 0 Å². The van der Waals surface area contributed by atoms with Crippen LogP contribution < -0.4 is 10.6 Å². The van der Waals surface area contributed by atoms with E-state index in [1.807, 2.05) is 0 Å². The summed E-state index contributed by atoms with van der Waals surface area (Å²) in [6.07, 6.45) is 8.84. The number of nitrogens with zero attached hydrogens (tertiary/aromatic N) is 2. The molecule has 0 radical (unpaired) electrons. The van der Waals surface area contributed by atoms with Crippen molar-refractivity contribution in [2.24, 2.45) is 5.92 Å². The number of hydrogen-bond acceptors (Lipinski definition) is 8. The highest BCUT2D eigenvalue weighted by Crippen LogP contribution is 2.40. The summed E-state index contributed by atoms with van der Waals surface area (Å²) in [5, 5.41) is 17.4. The molecule has 1 aromatic rings. The predicted octanol–water partition coefficient (Wildman–Crippen LogP) is 3.48. The Morgan fingerprint density at radius 1 is 1.27 bits per heavy atom. The predicted molar refractivity (Wildman–Crippen MR) is 143 cm³/mol. The van der Waals surface area contributed by atoms with Gasteiger partial charge in [-0.05, 0) is 64.4 Å². The van der Waals surface area contributed by atoms with E-state index >= 15 is 0 Å². The zero-order valence-corrected chi connectivity index (χ0v) is 23.3. The Hall–Kier alpha value is -2.15. The molecule has 206 valence electrons. The number of carbonyl (C=O) groups is 2. The second-order valence-electron chi connectivity index (χ2n) is 10.5. The van der Waals surface area contributed by atoms with Gasteiger partial charge in [0.2, 0.25) is 12.1 Å². The second-order valence-corrected chi connectivity index (χ2v) is 12.4. The first-order valence-corrected chi connectivity index (χ1v) is 14.9. The maximum absolute atomic E-state index is 14.0. The number of thiophene rings is 1. The van der Waals surface area contributed by atoms with Gasteiger partial charge in [0.1, 0.15) is 16.8 Å². The lowest BCUT2D eigenvalue weighted by Crippen LogP contribution is -2.58. The van der Waals surface area contributed by atoms with E-state index in [4.69, 9.17) is 4.74 Å². The van der Waals surface area contributed by atoms with E-state index in [1.165, 1.54) is 31.4 Å². The fourth-order valence-electron chi connectivity index (χ4n) is 5.50. The molecule has 2 aliphatic heterocycles. The van der Waals surface area contributed by atoms with Crippen LogP contribution in [0.5, 0.6) is 0 Å². The lowest BCUT2D eigenvalue weighted by atomic mass is 9.84. The number of rotatable bonds is 9. The van der Waals surface area contributed by atoms with Gasteiger partial charge in [-0.1, -0.05) is 12.8 Å². The molecule has 2 fully saturated rings. The van der Waals surface area contributed by atoms with E-state index in [2.05, 4.69) is 10.6 Å². The van der Waals surface area contributed by atoms with Crippen LogP contribution in [-0.2, 0) is 20.8 Å². The number of likely N-dealkylation sites (tertiary alicyclic amines) is 1. The van der Waals surface area contributed by atoms with Crippen molar-refractivity contribution >= 4 is 39.4 Å². The van der Waals surface area contributed by atoms with Crippen LogP contribution in [0.4, 0.5) is 5.00 Å². The molecule has 10 nitrogen and oxygen atoms in total. The first-order valence-electron chi connectivity index (χ1n) is 13.0. The largest absolute Gasteiger partial charge is 0.472 e. The first kappa shape index (κ1) is 27.9. The number of anilines is 1. The third kappa shape index (κ3) is 5.81. The standard InChI is InChI=1S/C25H38N4O6S2/c1-16-19(23(31)29(37(33)34)25(2,3)24(32)28-13-6-7-14-28)22(36-20(16)21-26-12-15-35-21)27-11-10-17-8-4-5-9-18(17)30/h12,15,17-18,21,26-27,30H,4-11,13-14H2,1-3H3,(H,33,34). The van der Waals surface area contributed by atoms with Gasteiger partial charge in [-0.3, -0.25) is 14.1 Å². The van der Waals surface area contributed by atoms with Crippen LogP contribution in [0.25, 0.3) is 0 Å². The minimum atomic E-state index is -2.73. The summed E-state index contributed by atoms with van der Waals surface area (Å²) >= 11 is -1.38. The summed E-state index contributed by atoms with van der Waals surface area (Å²) in [6.45, 7) is 6.50. The summed E-state index contributed by atoms with van der Waals surface area (Å²) in [4.78, 5) is 29.7. The Labute approximate surface area is 224 Å². The molecule has 37 heavy (non-hydrogen) atoms. The van der Waals surface area contributed by atoms with E-state index in [1.54, 1.807) is 18.0 Å². The van der Waals surface area contributed by atoms with Crippen LogP contribution in [0.1, 0.15) is 85.8 Å². The molecule has 2 amide bonds. The van der Waals surface area contributed by atoms with Crippen LogP contribution in [0, 0.1) is 12.8 Å². The molecule has 0 bridgehead atoms. The van der Waals surface area contributed by atoms with Crippen LogP contribution in [0.15, 0.2) is 12.5 Å². The molecule has 12 heteroatoms. The number of hydrogen-bond donors (Lipinski definition) is 4. The molecular weight excluding hydrogens is 516 g/mol. The molecule has 0 aromatic carbocycles. The molecule has 4 atom stereocenters. The van der Waals surface area contributed by atoms with Crippen molar-refractivity contribution in [3.8, 4) is 0 Å². The average molecular weight is 555 g/mol. The Morgan fingerprint density at radius 3 is 2.59 bits per heavy atom. The molecule has 1 aliphatic carbocycles. The van der Waals surface area contributed by atoms with Gasteiger partial charge in [0.15, 0.2) is 0 Å². The average Bonchev–Trinajstić information content (AvgIpc) is 3.61. The third-order valence-corrected chi connectivity index (χ3v) is 9.83. The topological polar surface area (TPSA) is 131 Å². The molecule has 1 aromatic heterocycles. The fraction of sp³-hybridized carbons (Fsp3) is 0.680. The van der Waals surface area contributed by atoms with Gasteiger partial charge < -0.3 is 25.4 Å².